The van der Waals surface area contributed by atoms with E-state index in [9.17, 15) is 14.0 Å². The van der Waals surface area contributed by atoms with E-state index >= 15 is 0 Å². The molecule has 0 bridgehead atoms. The lowest BCUT2D eigenvalue weighted by molar-refractivity contribution is -0.129. The zero-order valence-electron chi connectivity index (χ0n) is 18.8. The quantitative estimate of drug-likeness (QED) is 0.459. The molecule has 1 fully saturated rings. The SMILES string of the molecule is Cc1ccc(F)cc1-n1nc(-c2c(C)nc3scc(CC(=O)N4CCCC4)n3c2=O)cc1C. The molecule has 7 nitrogen and oxygen atoms in total. The smallest absolute Gasteiger partial charge is 0.268 e. The fourth-order valence-electron chi connectivity index (χ4n) is 4.41. The number of aromatic nitrogens is 4. The van der Waals surface area contributed by atoms with Gasteiger partial charge in [0.1, 0.15) is 11.5 Å². The van der Waals surface area contributed by atoms with Crippen molar-refractivity contribution in [3.63, 3.8) is 0 Å². The molecule has 9 heteroatoms. The lowest BCUT2D eigenvalue weighted by atomic mass is 10.1. The number of carbonyl (C=O) groups is 1. The number of halogens is 1. The second-order valence-electron chi connectivity index (χ2n) is 8.50. The van der Waals surface area contributed by atoms with Gasteiger partial charge in [0, 0.05) is 29.9 Å². The number of fused-ring (bicyclic) bond motifs is 1. The van der Waals surface area contributed by atoms with Gasteiger partial charge >= 0.3 is 0 Å². The third-order valence-corrected chi connectivity index (χ3v) is 7.03. The summed E-state index contributed by atoms with van der Waals surface area (Å²) < 4.78 is 17.1. The van der Waals surface area contributed by atoms with Crippen molar-refractivity contribution >= 4 is 22.2 Å². The van der Waals surface area contributed by atoms with Gasteiger partial charge in [0.25, 0.3) is 5.56 Å². The molecule has 1 aliphatic heterocycles. The molecule has 0 spiro atoms. The fraction of sp³-hybridized carbons (Fsp3) is 0.333. The molecule has 0 saturated carbocycles. The van der Waals surface area contributed by atoms with E-state index in [1.165, 1.54) is 27.9 Å². The van der Waals surface area contributed by atoms with Crippen LogP contribution in [0.1, 0.15) is 35.5 Å². The van der Waals surface area contributed by atoms with E-state index in [1.54, 1.807) is 17.7 Å². The Hall–Kier alpha value is -3.33. The summed E-state index contributed by atoms with van der Waals surface area (Å²) in [6, 6.07) is 6.35. The van der Waals surface area contributed by atoms with Crippen LogP contribution in [0.2, 0.25) is 0 Å². The topological polar surface area (TPSA) is 72.5 Å². The second kappa shape index (κ2) is 8.22. The van der Waals surface area contributed by atoms with Crippen molar-refractivity contribution in [3.8, 4) is 16.9 Å². The van der Waals surface area contributed by atoms with Gasteiger partial charge in [-0.3, -0.25) is 14.0 Å². The van der Waals surface area contributed by atoms with Crippen molar-refractivity contribution in [2.45, 2.75) is 40.0 Å². The number of nitrogens with zero attached hydrogens (tertiary/aromatic N) is 5. The molecule has 0 N–H and O–H groups in total. The van der Waals surface area contributed by atoms with Crippen LogP contribution in [-0.4, -0.2) is 43.1 Å². The number of hydrogen-bond acceptors (Lipinski definition) is 5. The number of thiazole rings is 1. The van der Waals surface area contributed by atoms with Gasteiger partial charge in [0.2, 0.25) is 5.91 Å². The monoisotopic (exact) mass is 465 g/mol. The Balaban J connectivity index is 1.60. The van der Waals surface area contributed by atoms with E-state index in [1.807, 2.05) is 30.2 Å². The van der Waals surface area contributed by atoms with E-state index in [0.29, 0.717) is 33.3 Å². The minimum absolute atomic E-state index is 0.0305. The summed E-state index contributed by atoms with van der Waals surface area (Å²) in [6.45, 7) is 7.08. The van der Waals surface area contributed by atoms with Crippen molar-refractivity contribution < 1.29 is 9.18 Å². The minimum Gasteiger partial charge on any atom is -0.342 e. The normalized spacial score (nSPS) is 13.9. The van der Waals surface area contributed by atoms with Crippen LogP contribution in [0.3, 0.4) is 0 Å². The van der Waals surface area contributed by atoms with Crippen molar-refractivity contribution in [1.29, 1.82) is 0 Å². The maximum atomic E-state index is 13.9. The van der Waals surface area contributed by atoms with Crippen LogP contribution >= 0.6 is 11.3 Å². The molecule has 5 rings (SSSR count). The Labute approximate surface area is 194 Å². The highest BCUT2D eigenvalue weighted by molar-refractivity contribution is 7.15. The number of amides is 1. The van der Waals surface area contributed by atoms with Crippen LogP contribution in [0.4, 0.5) is 4.39 Å². The van der Waals surface area contributed by atoms with E-state index in [0.717, 1.165) is 37.2 Å². The van der Waals surface area contributed by atoms with Crippen molar-refractivity contribution in [2.75, 3.05) is 13.1 Å². The highest BCUT2D eigenvalue weighted by Crippen LogP contribution is 2.25. The van der Waals surface area contributed by atoms with Gasteiger partial charge in [0.05, 0.1) is 23.4 Å². The Morgan fingerprint density at radius 2 is 1.91 bits per heavy atom. The Kier molecular flexibility index (Phi) is 5.36. The second-order valence-corrected chi connectivity index (χ2v) is 9.34. The molecular weight excluding hydrogens is 441 g/mol. The molecule has 0 aliphatic carbocycles. The van der Waals surface area contributed by atoms with Crippen LogP contribution in [0.25, 0.3) is 21.9 Å². The summed E-state index contributed by atoms with van der Waals surface area (Å²) in [5.74, 6) is -0.320. The van der Waals surface area contributed by atoms with Crippen LogP contribution < -0.4 is 5.56 Å². The van der Waals surface area contributed by atoms with Gasteiger partial charge in [-0.05, 0) is 57.4 Å². The van der Waals surface area contributed by atoms with Gasteiger partial charge < -0.3 is 4.90 Å². The van der Waals surface area contributed by atoms with Crippen molar-refractivity contribution in [2.24, 2.45) is 0 Å². The predicted octanol–water partition coefficient (Wildman–Crippen LogP) is 3.84. The van der Waals surface area contributed by atoms with Gasteiger partial charge in [-0.2, -0.15) is 5.10 Å². The molecule has 3 aromatic heterocycles. The zero-order valence-corrected chi connectivity index (χ0v) is 19.6. The molecule has 0 atom stereocenters. The molecule has 1 aliphatic rings. The van der Waals surface area contributed by atoms with Gasteiger partial charge in [0.15, 0.2) is 4.96 Å². The third-order valence-electron chi connectivity index (χ3n) is 6.16. The Morgan fingerprint density at radius 3 is 2.67 bits per heavy atom. The van der Waals surface area contributed by atoms with Crippen LogP contribution in [-0.2, 0) is 11.2 Å². The highest BCUT2D eigenvalue weighted by atomic mass is 32.1. The molecular formula is C24H24FN5O2S. The van der Waals surface area contributed by atoms with Crippen LogP contribution in [0.15, 0.2) is 34.4 Å². The lowest BCUT2D eigenvalue weighted by Crippen LogP contribution is -2.30. The van der Waals surface area contributed by atoms with Gasteiger partial charge in [-0.25, -0.2) is 14.1 Å². The number of hydrogen-bond donors (Lipinski definition) is 0. The molecule has 170 valence electrons. The maximum Gasteiger partial charge on any atom is 0.268 e. The summed E-state index contributed by atoms with van der Waals surface area (Å²) in [5.41, 5.74) is 4.10. The summed E-state index contributed by atoms with van der Waals surface area (Å²) >= 11 is 1.35. The van der Waals surface area contributed by atoms with Crippen molar-refractivity contribution in [1.82, 2.24) is 24.1 Å². The van der Waals surface area contributed by atoms with Gasteiger partial charge in [-0.15, -0.1) is 11.3 Å². The zero-order chi connectivity index (χ0) is 23.3. The Bertz CT molecular complexity index is 1450. The molecule has 1 aromatic carbocycles. The molecule has 0 unspecified atom stereocenters. The van der Waals surface area contributed by atoms with Crippen molar-refractivity contribution in [3.05, 3.63) is 68.5 Å². The summed E-state index contributed by atoms with van der Waals surface area (Å²) in [7, 11) is 0. The third kappa shape index (κ3) is 3.76. The first-order valence-corrected chi connectivity index (χ1v) is 11.8. The average molecular weight is 466 g/mol. The van der Waals surface area contributed by atoms with Crippen LogP contribution in [0, 0.1) is 26.6 Å². The van der Waals surface area contributed by atoms with Crippen LogP contribution in [0.5, 0.6) is 0 Å². The fourth-order valence-corrected chi connectivity index (χ4v) is 5.33. The number of carbonyl (C=O) groups excluding carboxylic acids is 1. The molecule has 1 saturated heterocycles. The van der Waals surface area contributed by atoms with E-state index < -0.39 is 0 Å². The average Bonchev–Trinajstić information content (AvgIpc) is 3.51. The first kappa shape index (κ1) is 21.5. The summed E-state index contributed by atoms with van der Waals surface area (Å²) in [5, 5.41) is 6.48. The highest BCUT2D eigenvalue weighted by Gasteiger charge is 2.23. The molecule has 4 heterocycles. The maximum absolute atomic E-state index is 13.9. The van der Waals surface area contributed by atoms with Gasteiger partial charge in [-0.1, -0.05) is 6.07 Å². The number of likely N-dealkylation sites (tertiary alicyclic amines) is 1. The summed E-state index contributed by atoms with van der Waals surface area (Å²) in [6.07, 6.45) is 2.21. The number of benzene rings is 1. The van der Waals surface area contributed by atoms with E-state index in [4.69, 9.17) is 0 Å². The lowest BCUT2D eigenvalue weighted by Gasteiger charge is -2.14. The summed E-state index contributed by atoms with van der Waals surface area (Å²) in [4.78, 5) is 33.3. The molecule has 33 heavy (non-hydrogen) atoms. The Morgan fingerprint density at radius 1 is 1.15 bits per heavy atom. The minimum atomic E-state index is -0.350. The first-order chi connectivity index (χ1) is 15.8. The predicted molar refractivity (Wildman–Crippen MR) is 126 cm³/mol. The molecule has 4 aromatic rings. The number of rotatable bonds is 4. The largest absolute Gasteiger partial charge is 0.342 e. The molecule has 1 amide bonds. The van der Waals surface area contributed by atoms with E-state index in [-0.39, 0.29) is 23.7 Å². The molecule has 0 radical (unpaired) electrons. The standard InChI is InChI=1S/C24H24FN5O2S/c1-14-6-7-17(25)11-20(14)30-15(2)10-19(27-30)22-16(3)26-24-29(23(22)32)18(13-33-24)12-21(31)28-8-4-5-9-28/h6-7,10-11,13H,4-5,8-9,12H2,1-3H3. The first-order valence-electron chi connectivity index (χ1n) is 10.9. The van der Waals surface area contributed by atoms with E-state index in [2.05, 4.69) is 10.1 Å². The number of aryl methyl sites for hydroxylation is 3.